The Hall–Kier alpha value is -2.20. The lowest BCUT2D eigenvalue weighted by Gasteiger charge is -2.17. The molecule has 0 spiro atoms. The summed E-state index contributed by atoms with van der Waals surface area (Å²) in [6.45, 7) is 2.01. The van der Waals surface area contributed by atoms with Crippen molar-refractivity contribution in [1.29, 1.82) is 0 Å². The first-order valence-corrected chi connectivity index (χ1v) is 9.12. The maximum absolute atomic E-state index is 12.6. The first-order chi connectivity index (χ1) is 11.6. The molecule has 2 atom stereocenters. The van der Waals surface area contributed by atoms with Crippen LogP contribution in [0.1, 0.15) is 29.3 Å². The Labute approximate surface area is 146 Å². The van der Waals surface area contributed by atoms with E-state index in [-0.39, 0.29) is 5.91 Å². The lowest BCUT2D eigenvalue weighted by Crippen LogP contribution is -2.26. The van der Waals surface area contributed by atoms with E-state index in [9.17, 15) is 4.79 Å². The van der Waals surface area contributed by atoms with Gasteiger partial charge in [0.05, 0.1) is 15.2 Å². The standard InChI is InChI=1S/C20H20N2OS/c1-13-21-18-9-8-16(12-19(18)24-13)22(2)20(23)11-15-10-17(15)14-6-4-3-5-7-14/h3-9,12,15,17H,10-11H2,1-2H3/t15-,17-/m0/s1. The zero-order chi connectivity index (χ0) is 16.7. The van der Waals surface area contributed by atoms with Crippen LogP contribution >= 0.6 is 11.3 Å². The molecular formula is C20H20N2OS. The predicted octanol–water partition coefficient (Wildman–Crippen LogP) is 4.76. The van der Waals surface area contributed by atoms with Crippen LogP contribution in [-0.2, 0) is 4.79 Å². The molecule has 4 rings (SSSR count). The van der Waals surface area contributed by atoms with Gasteiger partial charge in [-0.3, -0.25) is 4.79 Å². The van der Waals surface area contributed by atoms with Crippen LogP contribution in [0.2, 0.25) is 0 Å². The molecular weight excluding hydrogens is 316 g/mol. The van der Waals surface area contributed by atoms with Crippen molar-refractivity contribution in [3.05, 3.63) is 59.1 Å². The van der Waals surface area contributed by atoms with Gasteiger partial charge in [-0.05, 0) is 48.9 Å². The van der Waals surface area contributed by atoms with E-state index >= 15 is 0 Å². The van der Waals surface area contributed by atoms with Gasteiger partial charge in [-0.1, -0.05) is 30.3 Å². The molecule has 0 radical (unpaired) electrons. The molecule has 0 bridgehead atoms. The van der Waals surface area contributed by atoms with Gasteiger partial charge in [0.1, 0.15) is 0 Å². The summed E-state index contributed by atoms with van der Waals surface area (Å²) in [5.41, 5.74) is 3.32. The van der Waals surface area contributed by atoms with E-state index in [1.165, 1.54) is 5.56 Å². The van der Waals surface area contributed by atoms with Crippen molar-refractivity contribution in [2.75, 3.05) is 11.9 Å². The molecule has 1 aromatic heterocycles. The minimum absolute atomic E-state index is 0.194. The van der Waals surface area contributed by atoms with Crippen LogP contribution in [0.15, 0.2) is 48.5 Å². The van der Waals surface area contributed by atoms with Gasteiger partial charge >= 0.3 is 0 Å². The van der Waals surface area contributed by atoms with Gasteiger partial charge in [0, 0.05) is 19.2 Å². The summed E-state index contributed by atoms with van der Waals surface area (Å²) in [5.74, 6) is 1.23. The Bertz CT molecular complexity index is 887. The molecule has 122 valence electrons. The van der Waals surface area contributed by atoms with Crippen LogP contribution in [0.3, 0.4) is 0 Å². The Balaban J connectivity index is 1.44. The fourth-order valence-electron chi connectivity index (χ4n) is 3.32. The molecule has 0 unspecified atom stereocenters. The second-order valence-electron chi connectivity index (χ2n) is 6.55. The zero-order valence-corrected chi connectivity index (χ0v) is 14.7. The van der Waals surface area contributed by atoms with E-state index < -0.39 is 0 Å². The molecule has 1 aliphatic rings. The summed E-state index contributed by atoms with van der Waals surface area (Å²) < 4.78 is 1.14. The molecule has 2 aromatic carbocycles. The first-order valence-electron chi connectivity index (χ1n) is 8.30. The summed E-state index contributed by atoms with van der Waals surface area (Å²) in [6, 6.07) is 16.6. The van der Waals surface area contributed by atoms with Gasteiger partial charge in [0.25, 0.3) is 0 Å². The number of hydrogen-bond donors (Lipinski definition) is 0. The summed E-state index contributed by atoms with van der Waals surface area (Å²) in [7, 11) is 1.87. The number of aromatic nitrogens is 1. The molecule has 0 aliphatic heterocycles. The fraction of sp³-hybridized carbons (Fsp3) is 0.300. The highest BCUT2D eigenvalue weighted by Gasteiger charge is 2.39. The smallest absolute Gasteiger partial charge is 0.227 e. The van der Waals surface area contributed by atoms with E-state index in [0.29, 0.717) is 18.3 Å². The number of nitrogens with zero attached hydrogens (tertiary/aromatic N) is 2. The van der Waals surface area contributed by atoms with Crippen molar-refractivity contribution in [2.45, 2.75) is 25.7 Å². The third kappa shape index (κ3) is 2.94. The van der Waals surface area contributed by atoms with Crippen molar-refractivity contribution in [1.82, 2.24) is 4.98 Å². The number of fused-ring (bicyclic) bond motifs is 1. The molecule has 24 heavy (non-hydrogen) atoms. The Morgan fingerprint density at radius 1 is 1.25 bits per heavy atom. The first kappa shape index (κ1) is 15.3. The molecule has 1 saturated carbocycles. The third-order valence-corrected chi connectivity index (χ3v) is 5.76. The summed E-state index contributed by atoms with van der Waals surface area (Å²) in [4.78, 5) is 18.9. The molecule has 1 amide bonds. The van der Waals surface area contributed by atoms with Crippen molar-refractivity contribution in [3.63, 3.8) is 0 Å². The largest absolute Gasteiger partial charge is 0.315 e. The van der Waals surface area contributed by atoms with Gasteiger partial charge < -0.3 is 4.90 Å². The quantitative estimate of drug-likeness (QED) is 0.688. The van der Waals surface area contributed by atoms with E-state index in [2.05, 4.69) is 35.3 Å². The van der Waals surface area contributed by atoms with Crippen LogP contribution in [0.4, 0.5) is 5.69 Å². The predicted molar refractivity (Wildman–Crippen MR) is 99.7 cm³/mol. The fourth-order valence-corrected chi connectivity index (χ4v) is 4.18. The van der Waals surface area contributed by atoms with Gasteiger partial charge in [0.2, 0.25) is 5.91 Å². The van der Waals surface area contributed by atoms with E-state index in [4.69, 9.17) is 0 Å². The number of aryl methyl sites for hydroxylation is 1. The normalized spacial score (nSPS) is 19.4. The highest BCUT2D eigenvalue weighted by Crippen LogP contribution is 2.49. The number of carbonyl (C=O) groups excluding carboxylic acids is 1. The molecule has 1 fully saturated rings. The van der Waals surface area contributed by atoms with Crippen molar-refractivity contribution < 1.29 is 4.79 Å². The average molecular weight is 336 g/mol. The van der Waals surface area contributed by atoms with Crippen LogP contribution < -0.4 is 4.90 Å². The Morgan fingerprint density at radius 2 is 2.04 bits per heavy atom. The minimum atomic E-state index is 0.194. The maximum Gasteiger partial charge on any atom is 0.227 e. The lowest BCUT2D eigenvalue weighted by atomic mass is 10.1. The molecule has 1 heterocycles. The van der Waals surface area contributed by atoms with Crippen LogP contribution in [0.25, 0.3) is 10.2 Å². The molecule has 0 N–H and O–H groups in total. The topological polar surface area (TPSA) is 33.2 Å². The molecule has 4 heteroatoms. The number of benzene rings is 2. The minimum Gasteiger partial charge on any atom is -0.315 e. The zero-order valence-electron chi connectivity index (χ0n) is 13.9. The number of rotatable bonds is 4. The van der Waals surface area contributed by atoms with Gasteiger partial charge in [0.15, 0.2) is 0 Å². The van der Waals surface area contributed by atoms with Gasteiger partial charge in [-0.2, -0.15) is 0 Å². The monoisotopic (exact) mass is 336 g/mol. The molecule has 3 nitrogen and oxygen atoms in total. The lowest BCUT2D eigenvalue weighted by molar-refractivity contribution is -0.118. The average Bonchev–Trinajstić information content (AvgIpc) is 3.25. The van der Waals surface area contributed by atoms with Crippen LogP contribution in [0.5, 0.6) is 0 Å². The van der Waals surface area contributed by atoms with E-state index in [1.807, 2.05) is 32.2 Å². The van der Waals surface area contributed by atoms with Crippen LogP contribution in [0, 0.1) is 12.8 Å². The van der Waals surface area contributed by atoms with Crippen molar-refractivity contribution in [3.8, 4) is 0 Å². The van der Waals surface area contributed by atoms with Gasteiger partial charge in [-0.15, -0.1) is 11.3 Å². The maximum atomic E-state index is 12.6. The van der Waals surface area contributed by atoms with E-state index in [1.54, 1.807) is 16.2 Å². The van der Waals surface area contributed by atoms with Crippen molar-refractivity contribution >= 4 is 33.1 Å². The summed E-state index contributed by atoms with van der Waals surface area (Å²) >= 11 is 1.67. The van der Waals surface area contributed by atoms with Crippen molar-refractivity contribution in [2.24, 2.45) is 5.92 Å². The summed E-state index contributed by atoms with van der Waals surface area (Å²) in [5, 5.41) is 1.06. The number of thiazole rings is 1. The Morgan fingerprint density at radius 3 is 2.83 bits per heavy atom. The number of carbonyl (C=O) groups is 1. The van der Waals surface area contributed by atoms with E-state index in [0.717, 1.165) is 27.3 Å². The molecule has 1 aliphatic carbocycles. The number of amides is 1. The summed E-state index contributed by atoms with van der Waals surface area (Å²) in [6.07, 6.45) is 1.74. The highest BCUT2D eigenvalue weighted by atomic mass is 32.1. The second kappa shape index (κ2) is 6.02. The SMILES string of the molecule is Cc1nc2ccc(N(C)C(=O)C[C@@H]3C[C@H]3c3ccccc3)cc2s1. The molecule has 0 saturated heterocycles. The third-order valence-electron chi connectivity index (χ3n) is 4.83. The molecule has 3 aromatic rings. The van der Waals surface area contributed by atoms with Crippen LogP contribution in [-0.4, -0.2) is 17.9 Å². The van der Waals surface area contributed by atoms with Gasteiger partial charge in [-0.25, -0.2) is 4.98 Å². The second-order valence-corrected chi connectivity index (χ2v) is 7.79. The highest BCUT2D eigenvalue weighted by molar-refractivity contribution is 7.18. The number of hydrogen-bond acceptors (Lipinski definition) is 3. The number of anilines is 1. The Kier molecular flexibility index (Phi) is 3.85.